The highest BCUT2D eigenvalue weighted by Crippen LogP contribution is 2.17. The summed E-state index contributed by atoms with van der Waals surface area (Å²) in [6.45, 7) is 1.56. The highest BCUT2D eigenvalue weighted by Gasteiger charge is 2.14. The average Bonchev–Trinajstić information content (AvgIpc) is 2.26. The first-order valence-electron chi connectivity index (χ1n) is 5.24. The Morgan fingerprint density at radius 2 is 1.50 bits per heavy atom. The number of carbonyl (C=O) groups is 1. The molecule has 0 aliphatic carbocycles. The Labute approximate surface area is 102 Å². The van der Waals surface area contributed by atoms with E-state index in [1.165, 1.54) is 12.1 Å². The molecule has 0 amide bonds. The number of rotatable bonds is 2. The van der Waals surface area contributed by atoms with Gasteiger partial charge in [-0.3, -0.25) is 4.79 Å². The van der Waals surface area contributed by atoms with Crippen LogP contribution in [0.3, 0.4) is 0 Å². The van der Waals surface area contributed by atoms with Crippen molar-refractivity contribution < 1.29 is 18.0 Å². The van der Waals surface area contributed by atoms with Gasteiger partial charge in [-0.1, -0.05) is 0 Å². The molecule has 2 rings (SSSR count). The molecule has 0 saturated carbocycles. The topological polar surface area (TPSA) is 17.1 Å². The molecule has 0 bridgehead atoms. The van der Waals surface area contributed by atoms with Crippen LogP contribution in [-0.2, 0) is 0 Å². The maximum absolute atomic E-state index is 13.0. The molecular formula is C14H9F3O. The molecule has 0 radical (unpaired) electrons. The van der Waals surface area contributed by atoms with E-state index in [1.807, 2.05) is 0 Å². The second-order valence-electron chi connectivity index (χ2n) is 3.95. The van der Waals surface area contributed by atoms with E-state index in [-0.39, 0.29) is 11.1 Å². The molecule has 0 aliphatic rings. The fourth-order valence-electron chi connectivity index (χ4n) is 1.72. The third-order valence-electron chi connectivity index (χ3n) is 2.56. The molecular weight excluding hydrogens is 241 g/mol. The van der Waals surface area contributed by atoms with Crippen LogP contribution in [0.1, 0.15) is 21.5 Å². The van der Waals surface area contributed by atoms with Gasteiger partial charge in [0.15, 0.2) is 5.78 Å². The third-order valence-corrected chi connectivity index (χ3v) is 2.56. The number of hydrogen-bond acceptors (Lipinski definition) is 1. The number of hydrogen-bond donors (Lipinski definition) is 0. The van der Waals surface area contributed by atoms with Gasteiger partial charge in [-0.2, -0.15) is 0 Å². The normalized spacial score (nSPS) is 10.4. The predicted molar refractivity (Wildman–Crippen MR) is 60.9 cm³/mol. The lowest BCUT2D eigenvalue weighted by Crippen LogP contribution is -2.05. The molecule has 0 spiro atoms. The van der Waals surface area contributed by atoms with Crippen molar-refractivity contribution in [3.63, 3.8) is 0 Å². The molecule has 0 fully saturated rings. The van der Waals surface area contributed by atoms with Crippen molar-refractivity contribution in [2.45, 2.75) is 6.92 Å². The van der Waals surface area contributed by atoms with Crippen LogP contribution in [0.2, 0.25) is 0 Å². The summed E-state index contributed by atoms with van der Waals surface area (Å²) in [5.41, 5.74) is 0.549. The molecule has 2 aromatic carbocycles. The summed E-state index contributed by atoms with van der Waals surface area (Å²) in [7, 11) is 0. The predicted octanol–water partition coefficient (Wildman–Crippen LogP) is 3.64. The van der Waals surface area contributed by atoms with Crippen molar-refractivity contribution in [1.29, 1.82) is 0 Å². The summed E-state index contributed by atoms with van der Waals surface area (Å²) in [5, 5.41) is 0. The zero-order valence-electron chi connectivity index (χ0n) is 9.51. The Hall–Kier alpha value is -2.10. The summed E-state index contributed by atoms with van der Waals surface area (Å²) in [6.07, 6.45) is 0. The van der Waals surface area contributed by atoms with Crippen molar-refractivity contribution in [3.05, 3.63) is 70.5 Å². The first-order chi connectivity index (χ1) is 8.47. The molecule has 0 heterocycles. The van der Waals surface area contributed by atoms with Crippen LogP contribution < -0.4 is 0 Å². The van der Waals surface area contributed by atoms with E-state index >= 15 is 0 Å². The van der Waals surface area contributed by atoms with Crippen LogP contribution >= 0.6 is 0 Å². The van der Waals surface area contributed by atoms with Gasteiger partial charge in [0.25, 0.3) is 0 Å². The highest BCUT2D eigenvalue weighted by molar-refractivity contribution is 6.09. The summed E-state index contributed by atoms with van der Waals surface area (Å²) in [6, 6.07) is 6.23. The minimum absolute atomic E-state index is 0.0952. The minimum atomic E-state index is -0.821. The lowest BCUT2D eigenvalue weighted by molar-refractivity contribution is 0.103. The van der Waals surface area contributed by atoms with Gasteiger partial charge in [0.1, 0.15) is 17.5 Å². The zero-order valence-corrected chi connectivity index (χ0v) is 9.51. The Kier molecular flexibility index (Phi) is 3.19. The van der Waals surface area contributed by atoms with Gasteiger partial charge in [0.05, 0.1) is 0 Å². The molecule has 2 aromatic rings. The van der Waals surface area contributed by atoms with Crippen molar-refractivity contribution in [1.82, 2.24) is 0 Å². The second kappa shape index (κ2) is 4.64. The first-order valence-corrected chi connectivity index (χ1v) is 5.24. The largest absolute Gasteiger partial charge is 0.289 e. The van der Waals surface area contributed by atoms with Crippen LogP contribution in [-0.4, -0.2) is 5.78 Å². The smallest absolute Gasteiger partial charge is 0.193 e. The SMILES string of the molecule is Cc1cc(F)ccc1C(=O)c1cc(F)cc(F)c1. The fourth-order valence-corrected chi connectivity index (χ4v) is 1.72. The summed E-state index contributed by atoms with van der Waals surface area (Å²) in [4.78, 5) is 12.0. The van der Waals surface area contributed by atoms with E-state index in [4.69, 9.17) is 0 Å². The van der Waals surface area contributed by atoms with E-state index < -0.39 is 23.2 Å². The highest BCUT2D eigenvalue weighted by atomic mass is 19.1. The fraction of sp³-hybridized carbons (Fsp3) is 0.0714. The third kappa shape index (κ3) is 2.42. The second-order valence-corrected chi connectivity index (χ2v) is 3.95. The molecule has 0 N–H and O–H groups in total. The standard InChI is InChI=1S/C14H9F3O/c1-8-4-10(15)2-3-13(8)14(18)9-5-11(16)7-12(17)6-9/h2-7H,1H3. The van der Waals surface area contributed by atoms with Crippen LogP contribution in [0.5, 0.6) is 0 Å². The van der Waals surface area contributed by atoms with Gasteiger partial charge in [-0.05, 0) is 42.8 Å². The van der Waals surface area contributed by atoms with Crippen molar-refractivity contribution >= 4 is 5.78 Å². The number of halogens is 3. The minimum Gasteiger partial charge on any atom is -0.289 e. The van der Waals surface area contributed by atoms with E-state index in [2.05, 4.69) is 0 Å². The Morgan fingerprint density at radius 1 is 0.889 bits per heavy atom. The lowest BCUT2D eigenvalue weighted by atomic mass is 9.99. The molecule has 0 saturated heterocycles. The van der Waals surface area contributed by atoms with Crippen LogP contribution in [0.25, 0.3) is 0 Å². The number of carbonyl (C=O) groups excluding carboxylic acids is 1. The number of benzene rings is 2. The van der Waals surface area contributed by atoms with E-state index in [1.54, 1.807) is 6.92 Å². The molecule has 92 valence electrons. The monoisotopic (exact) mass is 250 g/mol. The summed E-state index contributed by atoms with van der Waals surface area (Å²) in [5.74, 6) is -2.64. The van der Waals surface area contributed by atoms with Crippen LogP contribution in [0.4, 0.5) is 13.2 Å². The maximum atomic E-state index is 13.0. The Bertz CT molecular complexity index is 600. The van der Waals surface area contributed by atoms with Crippen molar-refractivity contribution in [2.75, 3.05) is 0 Å². The van der Waals surface area contributed by atoms with Crippen LogP contribution in [0, 0.1) is 24.4 Å². The quantitative estimate of drug-likeness (QED) is 0.743. The van der Waals surface area contributed by atoms with E-state index in [0.717, 1.165) is 18.2 Å². The molecule has 0 unspecified atom stereocenters. The molecule has 0 aliphatic heterocycles. The van der Waals surface area contributed by atoms with E-state index in [9.17, 15) is 18.0 Å². The molecule has 18 heavy (non-hydrogen) atoms. The number of ketones is 1. The molecule has 0 aromatic heterocycles. The zero-order chi connectivity index (χ0) is 13.3. The van der Waals surface area contributed by atoms with E-state index in [0.29, 0.717) is 11.6 Å². The molecule has 0 atom stereocenters. The van der Waals surface area contributed by atoms with Gasteiger partial charge in [-0.25, -0.2) is 13.2 Å². The van der Waals surface area contributed by atoms with Crippen LogP contribution in [0.15, 0.2) is 36.4 Å². The van der Waals surface area contributed by atoms with Gasteiger partial charge < -0.3 is 0 Å². The summed E-state index contributed by atoms with van der Waals surface area (Å²) >= 11 is 0. The average molecular weight is 250 g/mol. The first kappa shape index (κ1) is 12.4. The van der Waals surface area contributed by atoms with Gasteiger partial charge in [0, 0.05) is 17.2 Å². The number of aryl methyl sites for hydroxylation is 1. The Morgan fingerprint density at radius 3 is 2.06 bits per heavy atom. The van der Waals surface area contributed by atoms with Gasteiger partial charge in [-0.15, -0.1) is 0 Å². The van der Waals surface area contributed by atoms with Gasteiger partial charge in [0.2, 0.25) is 0 Å². The molecule has 1 nitrogen and oxygen atoms in total. The lowest BCUT2D eigenvalue weighted by Gasteiger charge is -2.05. The van der Waals surface area contributed by atoms with Crippen molar-refractivity contribution in [3.8, 4) is 0 Å². The van der Waals surface area contributed by atoms with Gasteiger partial charge >= 0.3 is 0 Å². The Balaban J connectivity index is 2.47. The molecule has 4 heteroatoms. The summed E-state index contributed by atoms with van der Waals surface area (Å²) < 4.78 is 38.9. The maximum Gasteiger partial charge on any atom is 0.193 e. The van der Waals surface area contributed by atoms with Crippen molar-refractivity contribution in [2.24, 2.45) is 0 Å².